The minimum atomic E-state index is 0. The van der Waals surface area contributed by atoms with Gasteiger partial charge in [-0.15, -0.1) is 24.0 Å². The van der Waals surface area contributed by atoms with Gasteiger partial charge in [0.1, 0.15) is 12.4 Å². The lowest BCUT2D eigenvalue weighted by Crippen LogP contribution is -2.39. The summed E-state index contributed by atoms with van der Waals surface area (Å²) in [5.74, 6) is 1.92. The maximum Gasteiger partial charge on any atom is 0.222 e. The van der Waals surface area contributed by atoms with Crippen molar-refractivity contribution >= 4 is 35.8 Å². The number of likely N-dealkylation sites (tertiary alicyclic amines) is 1. The number of aryl methyl sites for hydroxylation is 1. The van der Waals surface area contributed by atoms with Crippen LogP contribution < -0.4 is 15.4 Å². The van der Waals surface area contributed by atoms with Crippen molar-refractivity contribution in [1.29, 1.82) is 0 Å². The number of nitrogens with zero attached hydrogens (tertiary/aromatic N) is 2. The Bertz CT molecular complexity index is 670. The van der Waals surface area contributed by atoms with Crippen LogP contribution in [0, 0.1) is 6.92 Å². The van der Waals surface area contributed by atoms with E-state index < -0.39 is 0 Å². The Labute approximate surface area is 198 Å². The third kappa shape index (κ3) is 9.51. The minimum Gasteiger partial charge on any atom is -0.491 e. The number of guanidine groups is 1. The lowest BCUT2D eigenvalue weighted by atomic mass is 10.1. The van der Waals surface area contributed by atoms with E-state index >= 15 is 0 Å². The molecule has 0 aliphatic carbocycles. The molecule has 1 aliphatic rings. The molecule has 2 rings (SSSR count). The molecule has 0 saturated carbocycles. The highest BCUT2D eigenvalue weighted by atomic mass is 127. The van der Waals surface area contributed by atoms with Gasteiger partial charge in [0.25, 0.3) is 0 Å². The van der Waals surface area contributed by atoms with Gasteiger partial charge in [0.05, 0.1) is 13.2 Å². The van der Waals surface area contributed by atoms with E-state index in [1.807, 2.05) is 24.8 Å². The number of hydrogen-bond acceptors (Lipinski definition) is 4. The molecule has 1 amide bonds. The number of hydrogen-bond donors (Lipinski definition) is 2. The Balaban J connectivity index is 0.00000450. The molecule has 1 aliphatic heterocycles. The van der Waals surface area contributed by atoms with Gasteiger partial charge in [-0.25, -0.2) is 4.99 Å². The van der Waals surface area contributed by atoms with Crippen LogP contribution >= 0.6 is 24.0 Å². The zero-order valence-electron chi connectivity index (χ0n) is 18.5. The van der Waals surface area contributed by atoms with Gasteiger partial charge in [-0.05, 0) is 45.2 Å². The van der Waals surface area contributed by atoms with Crippen molar-refractivity contribution in [3.63, 3.8) is 0 Å². The molecule has 0 spiro atoms. The lowest BCUT2D eigenvalue weighted by Gasteiger charge is -2.17. The molecule has 30 heavy (non-hydrogen) atoms. The van der Waals surface area contributed by atoms with E-state index in [0.717, 1.165) is 61.9 Å². The van der Waals surface area contributed by atoms with Crippen LogP contribution in [0.1, 0.15) is 44.2 Å². The smallest absolute Gasteiger partial charge is 0.222 e. The molecule has 0 atom stereocenters. The molecule has 1 aromatic carbocycles. The largest absolute Gasteiger partial charge is 0.491 e. The van der Waals surface area contributed by atoms with Crippen LogP contribution in [-0.2, 0) is 16.1 Å². The van der Waals surface area contributed by atoms with Crippen LogP contribution in [0.2, 0.25) is 0 Å². The second kappa shape index (κ2) is 15.3. The first-order valence-corrected chi connectivity index (χ1v) is 10.7. The first-order chi connectivity index (χ1) is 14.1. The zero-order valence-corrected chi connectivity index (χ0v) is 20.9. The number of amides is 1. The number of ether oxygens (including phenoxy) is 2. The Kier molecular flexibility index (Phi) is 13.5. The number of carbonyl (C=O) groups excluding carboxylic acids is 1. The van der Waals surface area contributed by atoms with E-state index in [1.54, 1.807) is 0 Å². The van der Waals surface area contributed by atoms with Gasteiger partial charge in [0.15, 0.2) is 5.96 Å². The molecule has 1 saturated heterocycles. The summed E-state index contributed by atoms with van der Waals surface area (Å²) in [6.07, 6.45) is 2.59. The first kappa shape index (κ1) is 26.5. The molecular weight excluding hydrogens is 495 g/mol. The van der Waals surface area contributed by atoms with Gasteiger partial charge in [-0.2, -0.15) is 0 Å². The van der Waals surface area contributed by atoms with Gasteiger partial charge in [-0.3, -0.25) is 4.79 Å². The van der Waals surface area contributed by atoms with E-state index in [2.05, 4.69) is 29.7 Å². The first-order valence-electron chi connectivity index (χ1n) is 10.7. The number of benzene rings is 1. The van der Waals surface area contributed by atoms with Crippen molar-refractivity contribution in [2.24, 2.45) is 4.99 Å². The predicted molar refractivity (Wildman–Crippen MR) is 132 cm³/mol. The zero-order chi connectivity index (χ0) is 20.9. The van der Waals surface area contributed by atoms with Crippen LogP contribution in [0.4, 0.5) is 0 Å². The lowest BCUT2D eigenvalue weighted by molar-refractivity contribution is -0.127. The summed E-state index contributed by atoms with van der Waals surface area (Å²) >= 11 is 0. The quantitative estimate of drug-likeness (QED) is 0.187. The number of halogens is 1. The van der Waals surface area contributed by atoms with Crippen molar-refractivity contribution in [3.05, 3.63) is 29.3 Å². The second-order valence-electron chi connectivity index (χ2n) is 7.12. The van der Waals surface area contributed by atoms with Crippen LogP contribution in [0.25, 0.3) is 0 Å². The van der Waals surface area contributed by atoms with E-state index in [9.17, 15) is 4.79 Å². The SMILES string of the molecule is CCNC(=NCc1ccc(C)cc1OCCOCC)NCCCN1CCCC1=O.I. The van der Waals surface area contributed by atoms with E-state index in [-0.39, 0.29) is 29.9 Å². The van der Waals surface area contributed by atoms with Gasteiger partial charge in [-0.1, -0.05) is 12.1 Å². The normalized spacial score (nSPS) is 13.9. The van der Waals surface area contributed by atoms with Crippen molar-refractivity contribution in [2.75, 3.05) is 46.0 Å². The summed E-state index contributed by atoms with van der Waals surface area (Å²) in [5.41, 5.74) is 2.21. The topological polar surface area (TPSA) is 75.2 Å². The van der Waals surface area contributed by atoms with Crippen LogP contribution in [0.5, 0.6) is 5.75 Å². The fraction of sp³-hybridized carbons (Fsp3) is 0.636. The minimum absolute atomic E-state index is 0. The third-order valence-electron chi connectivity index (χ3n) is 4.73. The Morgan fingerprint density at radius 2 is 2.07 bits per heavy atom. The van der Waals surface area contributed by atoms with Crippen molar-refractivity contribution in [1.82, 2.24) is 15.5 Å². The average molecular weight is 532 g/mol. The monoisotopic (exact) mass is 532 g/mol. The molecule has 1 heterocycles. The Morgan fingerprint density at radius 3 is 2.77 bits per heavy atom. The molecule has 0 aromatic heterocycles. The van der Waals surface area contributed by atoms with Crippen LogP contribution in [-0.4, -0.2) is 62.8 Å². The highest BCUT2D eigenvalue weighted by molar-refractivity contribution is 14.0. The van der Waals surface area contributed by atoms with E-state index in [4.69, 9.17) is 14.5 Å². The summed E-state index contributed by atoms with van der Waals surface area (Å²) in [5, 5.41) is 6.64. The van der Waals surface area contributed by atoms with Gasteiger partial charge in [0, 0.05) is 44.8 Å². The number of nitrogens with one attached hydrogen (secondary N) is 2. The number of carbonyl (C=O) groups is 1. The molecule has 170 valence electrons. The molecule has 1 aromatic rings. The fourth-order valence-corrected chi connectivity index (χ4v) is 3.20. The average Bonchev–Trinajstić information content (AvgIpc) is 3.12. The molecule has 0 unspecified atom stereocenters. The van der Waals surface area contributed by atoms with Gasteiger partial charge in [0.2, 0.25) is 5.91 Å². The van der Waals surface area contributed by atoms with Gasteiger partial charge >= 0.3 is 0 Å². The van der Waals surface area contributed by atoms with Crippen molar-refractivity contribution < 1.29 is 14.3 Å². The Hall–Kier alpha value is -1.55. The molecule has 0 radical (unpaired) electrons. The summed E-state index contributed by atoms with van der Waals surface area (Å²) in [6, 6.07) is 6.19. The van der Waals surface area contributed by atoms with Crippen LogP contribution in [0.15, 0.2) is 23.2 Å². The third-order valence-corrected chi connectivity index (χ3v) is 4.73. The van der Waals surface area contributed by atoms with Crippen LogP contribution in [0.3, 0.4) is 0 Å². The summed E-state index contributed by atoms with van der Waals surface area (Å²) in [6.45, 7) is 11.7. The molecule has 2 N–H and O–H groups in total. The van der Waals surface area contributed by atoms with E-state index in [0.29, 0.717) is 32.8 Å². The molecule has 8 heteroatoms. The molecule has 1 fully saturated rings. The highest BCUT2D eigenvalue weighted by Gasteiger charge is 2.18. The Morgan fingerprint density at radius 1 is 1.23 bits per heavy atom. The summed E-state index contributed by atoms with van der Waals surface area (Å²) in [4.78, 5) is 18.3. The van der Waals surface area contributed by atoms with E-state index in [1.165, 1.54) is 0 Å². The number of rotatable bonds is 12. The standard InChI is InChI=1S/C22H36N4O3.HI/c1-4-23-22(24-11-7-13-26-12-6-8-21(26)27)25-17-19-10-9-18(3)16-20(19)29-15-14-28-5-2;/h9-10,16H,4-8,11-15,17H2,1-3H3,(H2,23,24,25);1H. The van der Waals surface area contributed by atoms with Gasteiger partial charge < -0.3 is 25.0 Å². The summed E-state index contributed by atoms with van der Waals surface area (Å²) in [7, 11) is 0. The second-order valence-corrected chi connectivity index (χ2v) is 7.12. The summed E-state index contributed by atoms with van der Waals surface area (Å²) < 4.78 is 11.3. The maximum absolute atomic E-state index is 11.7. The predicted octanol–water partition coefficient (Wildman–Crippen LogP) is 3.10. The fourth-order valence-electron chi connectivity index (χ4n) is 3.20. The van der Waals surface area contributed by atoms with Crippen molar-refractivity contribution in [2.45, 2.75) is 46.6 Å². The molecule has 7 nitrogen and oxygen atoms in total. The number of aliphatic imine (C=N–C) groups is 1. The van der Waals surface area contributed by atoms with Crippen molar-refractivity contribution in [3.8, 4) is 5.75 Å². The molecular formula is C22H37IN4O3. The maximum atomic E-state index is 11.7. The molecule has 0 bridgehead atoms. The highest BCUT2D eigenvalue weighted by Crippen LogP contribution is 2.21.